The molecule has 4 N–H and O–H groups in total. The highest BCUT2D eigenvalue weighted by molar-refractivity contribution is 5.32. The van der Waals surface area contributed by atoms with Crippen molar-refractivity contribution in [3.63, 3.8) is 0 Å². The largest absolute Gasteiger partial charge is 0.573 e. The fraction of sp³-hybridized carbons (Fsp3) is 0.333. The van der Waals surface area contributed by atoms with Gasteiger partial charge in [0.15, 0.2) is 0 Å². The van der Waals surface area contributed by atoms with E-state index in [2.05, 4.69) is 4.74 Å². The predicted octanol–water partition coefficient (Wildman–Crippen LogP) is 1.68. The second kappa shape index (κ2) is 4.67. The SMILES string of the molecule is NCC(N)c1cc(OC(F)(F)F)ccc1F. The number of rotatable bonds is 3. The van der Waals surface area contributed by atoms with E-state index >= 15 is 0 Å². The van der Waals surface area contributed by atoms with Crippen molar-refractivity contribution >= 4 is 0 Å². The van der Waals surface area contributed by atoms with Crippen LogP contribution in [0.2, 0.25) is 0 Å². The number of hydrogen-bond acceptors (Lipinski definition) is 3. The first-order valence-corrected chi connectivity index (χ1v) is 4.34. The molecule has 1 unspecified atom stereocenters. The quantitative estimate of drug-likeness (QED) is 0.787. The average molecular weight is 238 g/mol. The Morgan fingerprint density at radius 2 is 1.94 bits per heavy atom. The number of benzene rings is 1. The minimum absolute atomic E-state index is 0.0770. The highest BCUT2D eigenvalue weighted by Gasteiger charge is 2.31. The molecule has 0 saturated carbocycles. The Balaban J connectivity index is 2.98. The summed E-state index contributed by atoms with van der Waals surface area (Å²) in [4.78, 5) is 0. The number of alkyl halides is 3. The Hall–Kier alpha value is -1.34. The fourth-order valence-corrected chi connectivity index (χ4v) is 1.13. The van der Waals surface area contributed by atoms with Crippen LogP contribution in [0.15, 0.2) is 18.2 Å². The summed E-state index contributed by atoms with van der Waals surface area (Å²) in [5.41, 5.74) is 10.5. The van der Waals surface area contributed by atoms with Gasteiger partial charge in [0.25, 0.3) is 0 Å². The first-order chi connectivity index (χ1) is 7.33. The monoisotopic (exact) mass is 238 g/mol. The molecule has 1 aromatic rings. The van der Waals surface area contributed by atoms with Gasteiger partial charge in [-0.2, -0.15) is 0 Å². The molecule has 0 aliphatic heterocycles. The summed E-state index contributed by atoms with van der Waals surface area (Å²) in [6.07, 6.45) is -4.82. The first-order valence-electron chi connectivity index (χ1n) is 4.34. The van der Waals surface area contributed by atoms with Crippen LogP contribution in [-0.4, -0.2) is 12.9 Å². The predicted molar refractivity (Wildman–Crippen MR) is 49.1 cm³/mol. The zero-order valence-corrected chi connectivity index (χ0v) is 8.09. The van der Waals surface area contributed by atoms with Gasteiger partial charge in [0.05, 0.1) is 0 Å². The minimum Gasteiger partial charge on any atom is -0.406 e. The normalized spacial score (nSPS) is 13.6. The lowest BCUT2D eigenvalue weighted by atomic mass is 10.1. The van der Waals surface area contributed by atoms with Gasteiger partial charge in [-0.1, -0.05) is 0 Å². The average Bonchev–Trinajstić information content (AvgIpc) is 2.18. The molecule has 0 amide bonds. The van der Waals surface area contributed by atoms with E-state index in [0.29, 0.717) is 0 Å². The van der Waals surface area contributed by atoms with Crippen molar-refractivity contribution < 1.29 is 22.3 Å². The third-order valence-electron chi connectivity index (χ3n) is 1.85. The van der Waals surface area contributed by atoms with Crippen LogP contribution >= 0.6 is 0 Å². The Labute approximate surface area is 89.0 Å². The lowest BCUT2D eigenvalue weighted by molar-refractivity contribution is -0.274. The number of nitrogens with two attached hydrogens (primary N) is 2. The molecule has 0 saturated heterocycles. The van der Waals surface area contributed by atoms with E-state index in [9.17, 15) is 17.6 Å². The van der Waals surface area contributed by atoms with E-state index in [1.807, 2.05) is 0 Å². The Morgan fingerprint density at radius 3 is 2.44 bits per heavy atom. The van der Waals surface area contributed by atoms with Crippen molar-refractivity contribution in [1.29, 1.82) is 0 Å². The molecule has 0 heterocycles. The summed E-state index contributed by atoms with van der Waals surface area (Å²) in [6.45, 7) is -0.0770. The zero-order chi connectivity index (χ0) is 12.3. The molecule has 1 aromatic carbocycles. The Morgan fingerprint density at radius 1 is 1.31 bits per heavy atom. The highest BCUT2D eigenvalue weighted by Crippen LogP contribution is 2.26. The van der Waals surface area contributed by atoms with Gasteiger partial charge in [0, 0.05) is 18.2 Å². The van der Waals surface area contributed by atoms with Gasteiger partial charge in [0.1, 0.15) is 11.6 Å². The van der Waals surface area contributed by atoms with E-state index in [0.717, 1.165) is 18.2 Å². The lowest BCUT2D eigenvalue weighted by Gasteiger charge is -2.13. The number of hydrogen-bond donors (Lipinski definition) is 2. The van der Waals surface area contributed by atoms with Crippen molar-refractivity contribution in [2.24, 2.45) is 11.5 Å². The van der Waals surface area contributed by atoms with Crippen LogP contribution in [0.5, 0.6) is 5.75 Å². The summed E-state index contributed by atoms with van der Waals surface area (Å²) in [5.74, 6) is -1.24. The van der Waals surface area contributed by atoms with E-state index in [1.165, 1.54) is 0 Å². The van der Waals surface area contributed by atoms with Crippen LogP contribution in [0.3, 0.4) is 0 Å². The number of ether oxygens (including phenoxy) is 1. The van der Waals surface area contributed by atoms with Gasteiger partial charge in [-0.3, -0.25) is 0 Å². The molecule has 3 nitrogen and oxygen atoms in total. The molecule has 0 aliphatic carbocycles. The van der Waals surface area contributed by atoms with Crippen LogP contribution in [-0.2, 0) is 0 Å². The van der Waals surface area contributed by atoms with Crippen molar-refractivity contribution in [3.05, 3.63) is 29.6 Å². The molecule has 0 fully saturated rings. The standard InChI is InChI=1S/C9H10F4N2O/c10-7-2-1-5(16-9(11,12)13)3-6(7)8(15)4-14/h1-3,8H,4,14-15H2. The first kappa shape index (κ1) is 12.7. The lowest BCUT2D eigenvalue weighted by Crippen LogP contribution is -2.22. The summed E-state index contributed by atoms with van der Waals surface area (Å²) >= 11 is 0. The van der Waals surface area contributed by atoms with Gasteiger partial charge < -0.3 is 16.2 Å². The molecule has 16 heavy (non-hydrogen) atoms. The van der Waals surface area contributed by atoms with Gasteiger partial charge >= 0.3 is 6.36 Å². The van der Waals surface area contributed by atoms with Crippen LogP contribution in [0.4, 0.5) is 17.6 Å². The molecule has 7 heteroatoms. The van der Waals surface area contributed by atoms with Gasteiger partial charge in [-0.25, -0.2) is 4.39 Å². The maximum atomic E-state index is 13.2. The minimum atomic E-state index is -4.82. The summed E-state index contributed by atoms with van der Waals surface area (Å²) in [5, 5.41) is 0. The summed E-state index contributed by atoms with van der Waals surface area (Å²) in [7, 11) is 0. The molecular formula is C9H10F4N2O. The maximum Gasteiger partial charge on any atom is 0.573 e. The van der Waals surface area contributed by atoms with E-state index in [1.54, 1.807) is 0 Å². The Kier molecular flexibility index (Phi) is 3.71. The molecule has 0 aromatic heterocycles. The topological polar surface area (TPSA) is 61.3 Å². The third-order valence-corrected chi connectivity index (χ3v) is 1.85. The zero-order valence-electron chi connectivity index (χ0n) is 8.09. The van der Waals surface area contributed by atoms with Crippen molar-refractivity contribution in [2.75, 3.05) is 6.54 Å². The van der Waals surface area contributed by atoms with Gasteiger partial charge in [-0.05, 0) is 18.2 Å². The molecule has 1 rings (SSSR count). The van der Waals surface area contributed by atoms with Crippen LogP contribution < -0.4 is 16.2 Å². The van der Waals surface area contributed by atoms with E-state index in [4.69, 9.17) is 11.5 Å². The maximum absolute atomic E-state index is 13.2. The summed E-state index contributed by atoms with van der Waals surface area (Å²) < 4.78 is 52.5. The van der Waals surface area contributed by atoms with Crippen molar-refractivity contribution in [2.45, 2.75) is 12.4 Å². The highest BCUT2D eigenvalue weighted by atomic mass is 19.4. The van der Waals surface area contributed by atoms with Crippen LogP contribution in [0.1, 0.15) is 11.6 Å². The van der Waals surface area contributed by atoms with Crippen LogP contribution in [0, 0.1) is 5.82 Å². The van der Waals surface area contributed by atoms with E-state index < -0.39 is 24.0 Å². The van der Waals surface area contributed by atoms with Crippen molar-refractivity contribution in [1.82, 2.24) is 0 Å². The summed E-state index contributed by atoms with van der Waals surface area (Å²) in [6, 6.07) is 1.75. The molecule has 0 spiro atoms. The molecule has 90 valence electrons. The van der Waals surface area contributed by atoms with Crippen molar-refractivity contribution in [3.8, 4) is 5.75 Å². The molecule has 0 aliphatic rings. The molecule has 0 radical (unpaired) electrons. The fourth-order valence-electron chi connectivity index (χ4n) is 1.13. The molecular weight excluding hydrogens is 228 g/mol. The molecule has 0 bridgehead atoms. The second-order valence-electron chi connectivity index (χ2n) is 3.07. The Bertz CT molecular complexity index is 367. The second-order valence-corrected chi connectivity index (χ2v) is 3.07. The van der Waals surface area contributed by atoms with E-state index in [-0.39, 0.29) is 12.1 Å². The van der Waals surface area contributed by atoms with Gasteiger partial charge in [0.2, 0.25) is 0 Å². The smallest absolute Gasteiger partial charge is 0.406 e. The van der Waals surface area contributed by atoms with Gasteiger partial charge in [-0.15, -0.1) is 13.2 Å². The van der Waals surface area contributed by atoms with Crippen LogP contribution in [0.25, 0.3) is 0 Å². The molecule has 1 atom stereocenters. The third kappa shape index (κ3) is 3.35. The number of halogens is 4.